The van der Waals surface area contributed by atoms with Crippen molar-refractivity contribution in [3.8, 4) is 0 Å². The summed E-state index contributed by atoms with van der Waals surface area (Å²) in [5, 5.41) is 3.36. The van der Waals surface area contributed by atoms with Gasteiger partial charge in [-0.2, -0.15) is 0 Å². The number of aryl methyl sites for hydroxylation is 1. The third kappa shape index (κ3) is 4.87. The Hall–Kier alpha value is -2.57. The van der Waals surface area contributed by atoms with Crippen molar-refractivity contribution in [3.05, 3.63) is 65.6 Å². The number of anilines is 1. The van der Waals surface area contributed by atoms with Gasteiger partial charge in [0.15, 0.2) is 0 Å². The smallest absolute Gasteiger partial charge is 0.0747 e. The van der Waals surface area contributed by atoms with Gasteiger partial charge in [-0.3, -0.25) is 9.88 Å². The topological polar surface area (TPSA) is 66.7 Å². The van der Waals surface area contributed by atoms with Gasteiger partial charge in [-0.1, -0.05) is 12.1 Å². The van der Waals surface area contributed by atoms with Crippen LogP contribution in [0.25, 0.3) is 5.70 Å². The molecule has 2 aromatic rings. The third-order valence-corrected chi connectivity index (χ3v) is 7.51. The third-order valence-electron chi connectivity index (χ3n) is 7.51. The molecule has 2 saturated heterocycles. The lowest BCUT2D eigenvalue weighted by Crippen LogP contribution is -2.50. The molecule has 1 aliphatic carbocycles. The maximum absolute atomic E-state index is 6.40. The molecule has 3 aliphatic rings. The minimum absolute atomic E-state index is 0.183. The van der Waals surface area contributed by atoms with E-state index in [2.05, 4.69) is 57.4 Å². The fraction of sp³-hybridized carbons (Fsp3) is 0.519. The average Bonchev–Trinajstić information content (AvgIpc) is 3.67. The first-order valence-corrected chi connectivity index (χ1v) is 12.5. The summed E-state index contributed by atoms with van der Waals surface area (Å²) >= 11 is 0. The molecule has 2 aliphatic heterocycles. The molecular formula is C27H37N5O. The van der Waals surface area contributed by atoms with Gasteiger partial charge < -0.3 is 20.7 Å². The fourth-order valence-electron chi connectivity index (χ4n) is 5.40. The Bertz CT molecular complexity index is 958. The van der Waals surface area contributed by atoms with Crippen LogP contribution in [0.15, 0.2) is 48.8 Å². The van der Waals surface area contributed by atoms with Crippen LogP contribution in [0.3, 0.4) is 0 Å². The van der Waals surface area contributed by atoms with Crippen LogP contribution in [-0.2, 0) is 10.3 Å². The molecule has 1 atom stereocenters. The Morgan fingerprint density at radius 3 is 2.70 bits per heavy atom. The SMILES string of the molecule is Cc1cc(N2CCN(C3(c4ccccn4)CC3)CC2)ccc1/C(N)=C/NCC1CCCCO1. The van der Waals surface area contributed by atoms with Crippen LogP contribution in [0.5, 0.6) is 0 Å². The van der Waals surface area contributed by atoms with E-state index in [0.29, 0.717) is 6.10 Å². The number of piperazine rings is 1. The van der Waals surface area contributed by atoms with E-state index in [1.807, 2.05) is 18.5 Å². The quantitative estimate of drug-likeness (QED) is 0.676. The monoisotopic (exact) mass is 447 g/mol. The molecule has 6 nitrogen and oxygen atoms in total. The van der Waals surface area contributed by atoms with Crippen molar-refractivity contribution in [3.63, 3.8) is 0 Å². The number of hydrogen-bond donors (Lipinski definition) is 2. The molecule has 1 saturated carbocycles. The molecule has 176 valence electrons. The second-order valence-electron chi connectivity index (χ2n) is 9.72. The average molecular weight is 448 g/mol. The first-order valence-electron chi connectivity index (χ1n) is 12.5. The molecule has 3 N–H and O–H groups in total. The minimum atomic E-state index is 0.183. The van der Waals surface area contributed by atoms with Crippen LogP contribution in [0.4, 0.5) is 5.69 Å². The predicted molar refractivity (Wildman–Crippen MR) is 134 cm³/mol. The van der Waals surface area contributed by atoms with E-state index in [1.165, 1.54) is 42.6 Å². The number of hydrogen-bond acceptors (Lipinski definition) is 6. The number of nitrogens with two attached hydrogens (primary N) is 1. The van der Waals surface area contributed by atoms with E-state index in [0.717, 1.165) is 57.0 Å². The standard InChI is InChI=1S/C27H37N5O/c1-21-18-22(8-9-24(21)25(28)20-29-19-23-6-3-5-17-33-23)31-13-15-32(16-14-31)27(10-11-27)26-7-2-4-12-30-26/h2,4,7-9,12,18,20,23,29H,3,5-6,10-11,13-17,19,28H2,1H3/b25-20-. The van der Waals surface area contributed by atoms with Crippen molar-refractivity contribution in [1.82, 2.24) is 15.2 Å². The van der Waals surface area contributed by atoms with Crippen LogP contribution in [-0.4, -0.2) is 55.3 Å². The number of nitrogens with zero attached hydrogens (tertiary/aromatic N) is 3. The Morgan fingerprint density at radius 1 is 1.18 bits per heavy atom. The zero-order chi connectivity index (χ0) is 22.7. The molecule has 0 amide bonds. The number of rotatable bonds is 7. The van der Waals surface area contributed by atoms with E-state index in [9.17, 15) is 0 Å². The van der Waals surface area contributed by atoms with Crippen molar-refractivity contribution in [2.45, 2.75) is 50.7 Å². The van der Waals surface area contributed by atoms with Crippen LogP contribution < -0.4 is 16.0 Å². The molecule has 6 heteroatoms. The maximum Gasteiger partial charge on any atom is 0.0747 e. The number of aromatic nitrogens is 1. The van der Waals surface area contributed by atoms with Gasteiger partial charge in [0, 0.05) is 63.0 Å². The first-order chi connectivity index (χ1) is 16.2. The number of benzene rings is 1. The van der Waals surface area contributed by atoms with Crippen molar-refractivity contribution in [1.29, 1.82) is 0 Å². The number of ether oxygens (including phenoxy) is 1. The van der Waals surface area contributed by atoms with Gasteiger partial charge in [0.1, 0.15) is 0 Å². The predicted octanol–water partition coefficient (Wildman–Crippen LogP) is 3.62. The zero-order valence-electron chi connectivity index (χ0n) is 19.8. The molecule has 5 rings (SSSR count). The van der Waals surface area contributed by atoms with Gasteiger partial charge in [0.2, 0.25) is 0 Å². The van der Waals surface area contributed by atoms with Crippen molar-refractivity contribution in [2.24, 2.45) is 5.73 Å². The van der Waals surface area contributed by atoms with Gasteiger partial charge in [-0.05, 0) is 68.9 Å². The lowest BCUT2D eigenvalue weighted by atomic mass is 10.0. The number of pyridine rings is 1. The molecule has 1 unspecified atom stereocenters. The summed E-state index contributed by atoms with van der Waals surface area (Å²) in [5.41, 5.74) is 12.2. The highest BCUT2D eigenvalue weighted by atomic mass is 16.5. The largest absolute Gasteiger partial charge is 0.397 e. The maximum atomic E-state index is 6.40. The van der Waals surface area contributed by atoms with Crippen LogP contribution in [0, 0.1) is 6.92 Å². The summed E-state index contributed by atoms with van der Waals surface area (Å²) in [4.78, 5) is 9.81. The Balaban J connectivity index is 1.17. The molecule has 3 fully saturated rings. The molecule has 1 aromatic carbocycles. The normalized spacial score (nSPS) is 23.4. The van der Waals surface area contributed by atoms with E-state index >= 15 is 0 Å². The van der Waals surface area contributed by atoms with Crippen LogP contribution >= 0.6 is 0 Å². The lowest BCUT2D eigenvalue weighted by molar-refractivity contribution is 0.0188. The van der Waals surface area contributed by atoms with Gasteiger partial charge >= 0.3 is 0 Å². The molecule has 1 aromatic heterocycles. The zero-order valence-corrected chi connectivity index (χ0v) is 19.8. The first kappa shape index (κ1) is 22.2. The Kier molecular flexibility index (Phi) is 6.56. The summed E-state index contributed by atoms with van der Waals surface area (Å²) in [6.45, 7) is 8.09. The molecule has 0 radical (unpaired) electrons. The van der Waals surface area contributed by atoms with E-state index < -0.39 is 0 Å². The molecule has 33 heavy (non-hydrogen) atoms. The highest BCUT2D eigenvalue weighted by molar-refractivity contribution is 5.68. The summed E-state index contributed by atoms with van der Waals surface area (Å²) in [5.74, 6) is 0. The summed E-state index contributed by atoms with van der Waals surface area (Å²) in [7, 11) is 0. The van der Waals surface area contributed by atoms with Gasteiger partial charge in [0.05, 0.1) is 23.0 Å². The van der Waals surface area contributed by atoms with Crippen LogP contribution in [0.2, 0.25) is 0 Å². The Morgan fingerprint density at radius 2 is 2.03 bits per heavy atom. The van der Waals surface area contributed by atoms with Gasteiger partial charge in [0.25, 0.3) is 0 Å². The highest BCUT2D eigenvalue weighted by Gasteiger charge is 2.51. The highest BCUT2D eigenvalue weighted by Crippen LogP contribution is 2.50. The minimum Gasteiger partial charge on any atom is -0.397 e. The van der Waals surface area contributed by atoms with Gasteiger partial charge in [-0.15, -0.1) is 0 Å². The second kappa shape index (κ2) is 9.74. The molecule has 0 spiro atoms. The van der Waals surface area contributed by atoms with E-state index in [1.54, 1.807) is 0 Å². The molecule has 0 bridgehead atoms. The van der Waals surface area contributed by atoms with Crippen molar-refractivity contribution < 1.29 is 4.74 Å². The summed E-state index contributed by atoms with van der Waals surface area (Å²) in [6.07, 6.45) is 10.2. The van der Waals surface area contributed by atoms with Crippen molar-refractivity contribution >= 4 is 11.4 Å². The fourth-order valence-corrected chi connectivity index (χ4v) is 5.40. The van der Waals surface area contributed by atoms with Crippen molar-refractivity contribution in [2.75, 3.05) is 44.2 Å². The molecule has 3 heterocycles. The molecular weight excluding hydrogens is 410 g/mol. The van der Waals surface area contributed by atoms with E-state index in [4.69, 9.17) is 10.5 Å². The van der Waals surface area contributed by atoms with Gasteiger partial charge in [-0.25, -0.2) is 0 Å². The summed E-state index contributed by atoms with van der Waals surface area (Å²) in [6, 6.07) is 13.0. The van der Waals surface area contributed by atoms with E-state index in [-0.39, 0.29) is 5.54 Å². The number of nitrogens with one attached hydrogen (secondary N) is 1. The summed E-state index contributed by atoms with van der Waals surface area (Å²) < 4.78 is 5.78. The Labute approximate surface area is 197 Å². The van der Waals surface area contributed by atoms with Crippen LogP contribution in [0.1, 0.15) is 48.9 Å². The second-order valence-corrected chi connectivity index (χ2v) is 9.72. The lowest BCUT2D eigenvalue weighted by Gasteiger charge is -2.40.